The van der Waals surface area contributed by atoms with Gasteiger partial charge in [-0.05, 0) is 49.4 Å². The molecule has 0 radical (unpaired) electrons. The molecule has 0 spiro atoms. The van der Waals surface area contributed by atoms with Crippen LogP contribution in [0.15, 0.2) is 71.7 Å². The topological polar surface area (TPSA) is 78.2 Å². The summed E-state index contributed by atoms with van der Waals surface area (Å²) in [5.41, 5.74) is 2.61. The van der Waals surface area contributed by atoms with E-state index in [1.54, 1.807) is 31.4 Å². The van der Waals surface area contributed by atoms with Crippen molar-refractivity contribution in [3.05, 3.63) is 83.4 Å². The molecule has 0 N–H and O–H groups in total. The Kier molecular flexibility index (Phi) is 5.64. The highest BCUT2D eigenvalue weighted by atomic mass is 16.5. The van der Waals surface area contributed by atoms with Crippen molar-refractivity contribution in [3.8, 4) is 23.3 Å². The molecule has 0 unspecified atom stereocenters. The molecular weight excluding hydrogens is 428 g/mol. The van der Waals surface area contributed by atoms with E-state index in [0.29, 0.717) is 48.0 Å². The average molecular weight is 453 g/mol. The van der Waals surface area contributed by atoms with Crippen molar-refractivity contribution in [2.75, 3.05) is 26.7 Å². The van der Waals surface area contributed by atoms with Crippen molar-refractivity contribution in [2.45, 2.75) is 13.0 Å². The molecule has 1 saturated heterocycles. The summed E-state index contributed by atoms with van der Waals surface area (Å²) < 4.78 is 11.8. The van der Waals surface area contributed by atoms with Gasteiger partial charge in [0, 0.05) is 31.2 Å². The third-order valence-corrected chi connectivity index (χ3v) is 6.17. The van der Waals surface area contributed by atoms with Crippen LogP contribution >= 0.6 is 0 Å². The lowest BCUT2D eigenvalue weighted by molar-refractivity contribution is 0.0581. The van der Waals surface area contributed by atoms with Gasteiger partial charge in [0.25, 0.3) is 5.91 Å². The molecular formula is C27H24N4O3. The van der Waals surface area contributed by atoms with Crippen LogP contribution in [0.25, 0.3) is 0 Å². The quantitative estimate of drug-likeness (QED) is 0.568. The standard InChI is InChI=1S/C27H24N4O3/c1-18-17-30(13-14-31(18)27(32)20-8-5-7-19(15-20)16-28)26-21-9-6-12-24(33-2)25(21)34-23-11-4-3-10-22(23)29-26/h3-12,15,18H,13-14,17H2,1-2H3/t18-/m1/s1. The van der Waals surface area contributed by atoms with Crippen LogP contribution in [0, 0.1) is 11.3 Å². The lowest BCUT2D eigenvalue weighted by Gasteiger charge is -2.41. The number of amides is 1. The molecule has 0 aliphatic carbocycles. The molecule has 2 heterocycles. The Bertz CT molecular complexity index is 1330. The Labute approximate surface area is 198 Å². The zero-order valence-corrected chi connectivity index (χ0v) is 19.1. The first-order valence-electron chi connectivity index (χ1n) is 11.2. The molecule has 7 heteroatoms. The summed E-state index contributed by atoms with van der Waals surface area (Å²) in [6.07, 6.45) is 0. The number of carbonyl (C=O) groups is 1. The van der Waals surface area contributed by atoms with Crippen LogP contribution in [-0.4, -0.2) is 54.3 Å². The van der Waals surface area contributed by atoms with Crippen molar-refractivity contribution >= 4 is 17.4 Å². The van der Waals surface area contributed by atoms with E-state index in [-0.39, 0.29) is 11.9 Å². The number of aliphatic imine (C=N–C) groups is 1. The number of nitrogens with zero attached hydrogens (tertiary/aromatic N) is 4. The van der Waals surface area contributed by atoms with Crippen molar-refractivity contribution in [2.24, 2.45) is 4.99 Å². The molecule has 3 aromatic rings. The number of hydrogen-bond acceptors (Lipinski definition) is 6. The first-order chi connectivity index (χ1) is 16.6. The Morgan fingerprint density at radius 1 is 1.12 bits per heavy atom. The van der Waals surface area contributed by atoms with Crippen LogP contribution in [-0.2, 0) is 0 Å². The summed E-state index contributed by atoms with van der Waals surface area (Å²) in [6, 6.07) is 22.4. The molecule has 2 aliphatic heterocycles. The minimum absolute atomic E-state index is 0.0526. The summed E-state index contributed by atoms with van der Waals surface area (Å²) in [5, 5.41) is 9.18. The Hall–Kier alpha value is -4.31. The number of methoxy groups -OCH3 is 1. The lowest BCUT2D eigenvalue weighted by Crippen LogP contribution is -2.55. The minimum atomic E-state index is -0.0668. The van der Waals surface area contributed by atoms with Crippen LogP contribution in [0.3, 0.4) is 0 Å². The molecule has 34 heavy (non-hydrogen) atoms. The summed E-state index contributed by atoms with van der Waals surface area (Å²) in [6.45, 7) is 3.80. The molecule has 170 valence electrons. The number of fused-ring (bicyclic) bond motifs is 2. The van der Waals surface area contributed by atoms with Crippen molar-refractivity contribution in [3.63, 3.8) is 0 Å². The van der Waals surface area contributed by atoms with Gasteiger partial charge in [-0.25, -0.2) is 4.99 Å². The van der Waals surface area contributed by atoms with Crippen LogP contribution in [0.1, 0.15) is 28.4 Å². The molecule has 1 amide bonds. The van der Waals surface area contributed by atoms with Gasteiger partial charge < -0.3 is 19.3 Å². The maximum absolute atomic E-state index is 13.2. The number of hydrogen-bond donors (Lipinski definition) is 0. The summed E-state index contributed by atoms with van der Waals surface area (Å²) in [4.78, 5) is 22.2. The van der Waals surface area contributed by atoms with Crippen LogP contribution in [0.5, 0.6) is 17.2 Å². The highest BCUT2D eigenvalue weighted by Gasteiger charge is 2.32. The predicted octanol–water partition coefficient (Wildman–Crippen LogP) is 4.60. The van der Waals surface area contributed by atoms with Crippen molar-refractivity contribution < 1.29 is 14.3 Å². The molecule has 5 rings (SSSR count). The SMILES string of the molecule is COc1cccc2c1Oc1ccccc1N=C2N1CCN(C(=O)c2cccc(C#N)c2)[C@H](C)C1. The van der Waals surface area contributed by atoms with Gasteiger partial charge in [0.1, 0.15) is 11.5 Å². The molecule has 1 atom stereocenters. The fraction of sp³-hybridized carbons (Fsp3) is 0.222. The van der Waals surface area contributed by atoms with Gasteiger partial charge >= 0.3 is 0 Å². The van der Waals surface area contributed by atoms with E-state index in [2.05, 4.69) is 11.0 Å². The third-order valence-electron chi connectivity index (χ3n) is 6.17. The lowest BCUT2D eigenvalue weighted by atomic mass is 10.1. The van der Waals surface area contributed by atoms with Gasteiger partial charge in [-0.3, -0.25) is 4.79 Å². The monoisotopic (exact) mass is 452 g/mol. The number of amidine groups is 1. The van der Waals surface area contributed by atoms with Crippen LogP contribution < -0.4 is 9.47 Å². The maximum Gasteiger partial charge on any atom is 0.254 e. The highest BCUT2D eigenvalue weighted by molar-refractivity contribution is 6.04. The van der Waals surface area contributed by atoms with Gasteiger partial charge in [-0.1, -0.05) is 24.3 Å². The van der Waals surface area contributed by atoms with E-state index in [4.69, 9.17) is 14.5 Å². The second kappa shape index (κ2) is 8.91. The molecule has 2 aliphatic rings. The number of para-hydroxylation sites is 3. The second-order valence-corrected chi connectivity index (χ2v) is 8.33. The molecule has 0 bridgehead atoms. The normalized spacial score (nSPS) is 16.9. The second-order valence-electron chi connectivity index (χ2n) is 8.33. The molecule has 1 fully saturated rings. The first-order valence-corrected chi connectivity index (χ1v) is 11.2. The van der Waals surface area contributed by atoms with E-state index < -0.39 is 0 Å². The number of nitriles is 1. The summed E-state index contributed by atoms with van der Waals surface area (Å²) in [5.74, 6) is 2.67. The fourth-order valence-electron chi connectivity index (χ4n) is 4.46. The summed E-state index contributed by atoms with van der Waals surface area (Å²) in [7, 11) is 1.63. The Balaban J connectivity index is 1.46. The molecule has 3 aromatic carbocycles. The predicted molar refractivity (Wildman–Crippen MR) is 129 cm³/mol. The van der Waals surface area contributed by atoms with Gasteiger partial charge in [0.15, 0.2) is 17.2 Å². The molecule has 7 nitrogen and oxygen atoms in total. The molecule has 0 aromatic heterocycles. The number of carbonyl (C=O) groups excluding carboxylic acids is 1. The number of ether oxygens (including phenoxy) is 2. The fourth-order valence-corrected chi connectivity index (χ4v) is 4.46. The largest absolute Gasteiger partial charge is 0.493 e. The van der Waals surface area contributed by atoms with Crippen molar-refractivity contribution in [1.29, 1.82) is 5.26 Å². The summed E-state index contributed by atoms with van der Waals surface area (Å²) >= 11 is 0. The minimum Gasteiger partial charge on any atom is -0.493 e. The zero-order chi connectivity index (χ0) is 23.7. The number of piperazine rings is 1. The van der Waals surface area contributed by atoms with Gasteiger partial charge in [0.05, 0.1) is 24.3 Å². The van der Waals surface area contributed by atoms with E-state index in [1.165, 1.54) is 0 Å². The number of rotatable bonds is 2. The Morgan fingerprint density at radius 3 is 2.74 bits per heavy atom. The highest BCUT2D eigenvalue weighted by Crippen LogP contribution is 2.42. The first kappa shape index (κ1) is 21.5. The smallest absolute Gasteiger partial charge is 0.254 e. The maximum atomic E-state index is 13.2. The van der Waals surface area contributed by atoms with Gasteiger partial charge in [-0.15, -0.1) is 0 Å². The third kappa shape index (κ3) is 3.84. The average Bonchev–Trinajstić information content (AvgIpc) is 3.05. The number of benzene rings is 3. The van der Waals surface area contributed by atoms with Gasteiger partial charge in [-0.2, -0.15) is 5.26 Å². The zero-order valence-electron chi connectivity index (χ0n) is 19.1. The van der Waals surface area contributed by atoms with E-state index in [9.17, 15) is 10.1 Å². The van der Waals surface area contributed by atoms with Crippen LogP contribution in [0.4, 0.5) is 5.69 Å². The molecule has 0 saturated carbocycles. The van der Waals surface area contributed by atoms with E-state index in [0.717, 1.165) is 17.1 Å². The van der Waals surface area contributed by atoms with Crippen molar-refractivity contribution in [1.82, 2.24) is 9.80 Å². The van der Waals surface area contributed by atoms with Crippen LogP contribution in [0.2, 0.25) is 0 Å². The van der Waals surface area contributed by atoms with E-state index >= 15 is 0 Å². The Morgan fingerprint density at radius 2 is 1.94 bits per heavy atom. The van der Waals surface area contributed by atoms with Gasteiger partial charge in [0.2, 0.25) is 0 Å². The van der Waals surface area contributed by atoms with E-state index in [1.807, 2.05) is 54.3 Å².